The number of allylic oxidation sites excluding steroid dienone is 3. The fourth-order valence-corrected chi connectivity index (χ4v) is 10.3. The molecule has 0 saturated carbocycles. The van der Waals surface area contributed by atoms with Gasteiger partial charge in [-0.15, -0.1) is 0 Å². The lowest BCUT2D eigenvalue weighted by molar-refractivity contribution is -0.379. The molecule has 17 atom stereocenters. The molecule has 3 saturated heterocycles. The van der Waals surface area contributed by atoms with E-state index < -0.39 is 124 Å². The number of carbonyl (C=O) groups excluding carboxylic acids is 1. The lowest BCUT2D eigenvalue weighted by Gasteiger charge is -2.48. The van der Waals surface area contributed by atoms with Crippen LogP contribution < -0.4 is 5.32 Å². The van der Waals surface area contributed by atoms with Crippen LogP contribution >= 0.6 is 0 Å². The summed E-state index contributed by atoms with van der Waals surface area (Å²) < 4.78 is 34.2. The summed E-state index contributed by atoms with van der Waals surface area (Å²) in [5, 5.41) is 120. The van der Waals surface area contributed by atoms with E-state index in [4.69, 9.17) is 28.4 Å². The molecular weight excluding hydrogens is 999 g/mol. The Hall–Kier alpha value is -1.73. The van der Waals surface area contributed by atoms with Gasteiger partial charge in [0.15, 0.2) is 18.9 Å². The maximum absolute atomic E-state index is 13.3. The van der Waals surface area contributed by atoms with E-state index in [1.807, 2.05) is 6.08 Å². The van der Waals surface area contributed by atoms with Crippen LogP contribution in [0, 0.1) is 0 Å². The third-order valence-corrected chi connectivity index (χ3v) is 15.3. The first kappa shape index (κ1) is 69.5. The molecule has 0 aromatic rings. The van der Waals surface area contributed by atoms with E-state index in [-0.39, 0.29) is 18.9 Å². The molecule has 3 heterocycles. The third-order valence-electron chi connectivity index (χ3n) is 15.3. The highest BCUT2D eigenvalue weighted by Gasteiger charge is 2.53. The summed E-state index contributed by atoms with van der Waals surface area (Å²) >= 11 is 0. The van der Waals surface area contributed by atoms with Crippen LogP contribution in [0.25, 0.3) is 0 Å². The van der Waals surface area contributed by atoms with Gasteiger partial charge in [0.05, 0.1) is 38.6 Å². The maximum atomic E-state index is 13.3. The Morgan fingerprint density at radius 1 is 0.455 bits per heavy atom. The van der Waals surface area contributed by atoms with Gasteiger partial charge in [-0.3, -0.25) is 4.79 Å². The number of hydrogen-bond donors (Lipinski definition) is 12. The van der Waals surface area contributed by atoms with E-state index in [0.717, 1.165) is 38.5 Å². The summed E-state index contributed by atoms with van der Waals surface area (Å²) in [6.45, 7) is 1.69. The predicted molar refractivity (Wildman–Crippen MR) is 291 cm³/mol. The van der Waals surface area contributed by atoms with Crippen molar-refractivity contribution in [3.63, 3.8) is 0 Å². The number of aliphatic hydroxyl groups excluding tert-OH is 11. The average molecular weight is 1110 g/mol. The smallest absolute Gasteiger partial charge is 0.220 e. The first-order chi connectivity index (χ1) is 37.3. The van der Waals surface area contributed by atoms with Gasteiger partial charge in [0.25, 0.3) is 0 Å². The molecule has 0 aromatic heterocycles. The summed E-state index contributed by atoms with van der Waals surface area (Å²) in [5.74, 6) is -0.284. The zero-order chi connectivity index (χ0) is 56.2. The van der Waals surface area contributed by atoms with E-state index in [2.05, 4.69) is 31.3 Å². The number of rotatable bonds is 44. The zero-order valence-electron chi connectivity index (χ0n) is 46.9. The van der Waals surface area contributed by atoms with Crippen molar-refractivity contribution in [3.05, 3.63) is 24.3 Å². The minimum absolute atomic E-state index is 0.240. The molecule has 3 aliphatic rings. The largest absolute Gasteiger partial charge is 0.394 e. The molecule has 3 rings (SSSR count). The summed E-state index contributed by atoms with van der Waals surface area (Å²) in [7, 11) is 0. The van der Waals surface area contributed by atoms with Crippen molar-refractivity contribution in [3.8, 4) is 0 Å². The molecule has 0 aliphatic carbocycles. The molecule has 3 fully saturated rings. The average Bonchev–Trinajstić information content (AvgIpc) is 3.43. The topological polar surface area (TPSA) is 307 Å². The lowest BCUT2D eigenvalue weighted by Crippen LogP contribution is -2.66. The number of unbranched alkanes of at least 4 members (excludes halogenated alkanes) is 26. The fourth-order valence-electron chi connectivity index (χ4n) is 10.3. The molecule has 0 spiro atoms. The molecule has 12 N–H and O–H groups in total. The van der Waals surface area contributed by atoms with Gasteiger partial charge in [0, 0.05) is 6.42 Å². The van der Waals surface area contributed by atoms with Gasteiger partial charge in [-0.05, 0) is 32.1 Å². The first-order valence-corrected chi connectivity index (χ1v) is 30.1. The number of carbonyl (C=O) groups is 1. The van der Waals surface area contributed by atoms with E-state index in [1.165, 1.54) is 135 Å². The molecule has 77 heavy (non-hydrogen) atoms. The Kier molecular flexibility index (Phi) is 38.1. The summed E-state index contributed by atoms with van der Waals surface area (Å²) in [5.41, 5.74) is 0. The van der Waals surface area contributed by atoms with Crippen LogP contribution in [0.3, 0.4) is 0 Å². The van der Waals surface area contributed by atoms with E-state index >= 15 is 0 Å². The summed E-state index contributed by atoms with van der Waals surface area (Å²) in [6, 6.07) is -0.984. The van der Waals surface area contributed by atoms with Crippen molar-refractivity contribution >= 4 is 5.91 Å². The normalized spacial score (nSPS) is 30.8. The van der Waals surface area contributed by atoms with Crippen LogP contribution in [0.4, 0.5) is 0 Å². The molecular formula is C58H107NO18. The third kappa shape index (κ3) is 26.4. The molecule has 452 valence electrons. The number of hydrogen-bond acceptors (Lipinski definition) is 18. The summed E-state index contributed by atoms with van der Waals surface area (Å²) in [6.07, 6.45) is 16.0. The standard InChI is InChI=1S/C58H107NO18/c1-3-5-7-9-11-13-15-17-18-19-20-21-22-24-26-28-30-32-34-36-46(64)59-41(42(63)35-33-31-29-27-25-23-16-14-12-10-8-6-4-2)40-72-56-52(70)49(67)54(44(38-61)74-56)77-58-53(71)50(68)55(45(39-62)75-58)76-57-51(69)48(66)47(65)43(37-60)73-57/h25,27,33,35,41-45,47-58,60-63,65-71H,3-24,26,28-32,34,36-40H2,1-2H3,(H,59,64)/b27-25+,35-33+. The van der Waals surface area contributed by atoms with Gasteiger partial charge in [0.2, 0.25) is 5.91 Å². The zero-order valence-corrected chi connectivity index (χ0v) is 46.9. The Morgan fingerprint density at radius 2 is 0.831 bits per heavy atom. The van der Waals surface area contributed by atoms with Crippen LogP contribution in [0.2, 0.25) is 0 Å². The van der Waals surface area contributed by atoms with E-state index in [1.54, 1.807) is 6.08 Å². The number of nitrogens with one attached hydrogen (secondary N) is 1. The molecule has 0 bridgehead atoms. The van der Waals surface area contributed by atoms with Crippen LogP contribution in [0.15, 0.2) is 24.3 Å². The van der Waals surface area contributed by atoms with Crippen LogP contribution in [-0.2, 0) is 33.2 Å². The van der Waals surface area contributed by atoms with Gasteiger partial charge in [-0.2, -0.15) is 0 Å². The Morgan fingerprint density at radius 3 is 1.30 bits per heavy atom. The highest BCUT2D eigenvalue weighted by atomic mass is 16.8. The number of amides is 1. The van der Waals surface area contributed by atoms with Crippen LogP contribution in [-0.4, -0.2) is 193 Å². The first-order valence-electron chi connectivity index (χ1n) is 30.1. The van der Waals surface area contributed by atoms with Crippen molar-refractivity contribution in [1.82, 2.24) is 5.32 Å². The highest BCUT2D eigenvalue weighted by Crippen LogP contribution is 2.33. The Bertz CT molecular complexity index is 1510. The molecule has 0 aromatic carbocycles. The molecule has 3 aliphatic heterocycles. The number of ether oxygens (including phenoxy) is 6. The molecule has 17 unspecified atom stereocenters. The van der Waals surface area contributed by atoms with E-state index in [9.17, 15) is 61.0 Å². The van der Waals surface area contributed by atoms with E-state index in [0.29, 0.717) is 12.8 Å². The second-order valence-corrected chi connectivity index (χ2v) is 21.8. The minimum atomic E-state index is -1.98. The maximum Gasteiger partial charge on any atom is 0.220 e. The van der Waals surface area contributed by atoms with Gasteiger partial charge in [0.1, 0.15) is 73.2 Å². The van der Waals surface area contributed by atoms with Crippen LogP contribution in [0.5, 0.6) is 0 Å². The van der Waals surface area contributed by atoms with Gasteiger partial charge < -0.3 is 89.9 Å². The number of aliphatic hydroxyl groups is 11. The molecule has 19 heteroatoms. The van der Waals surface area contributed by atoms with Gasteiger partial charge in [-0.1, -0.05) is 192 Å². The van der Waals surface area contributed by atoms with Crippen molar-refractivity contribution in [1.29, 1.82) is 0 Å². The quantitative estimate of drug-likeness (QED) is 0.0277. The fraction of sp³-hybridized carbons (Fsp3) is 0.914. The van der Waals surface area contributed by atoms with Crippen molar-refractivity contribution in [2.45, 2.75) is 311 Å². The highest BCUT2D eigenvalue weighted by molar-refractivity contribution is 5.76. The minimum Gasteiger partial charge on any atom is -0.394 e. The van der Waals surface area contributed by atoms with Gasteiger partial charge >= 0.3 is 0 Å². The van der Waals surface area contributed by atoms with Crippen molar-refractivity contribution in [2.24, 2.45) is 0 Å². The monoisotopic (exact) mass is 1110 g/mol. The molecule has 0 radical (unpaired) electrons. The van der Waals surface area contributed by atoms with Crippen LogP contribution in [0.1, 0.15) is 206 Å². The summed E-state index contributed by atoms with van der Waals surface area (Å²) in [4.78, 5) is 13.3. The molecule has 1 amide bonds. The van der Waals surface area contributed by atoms with Gasteiger partial charge in [-0.25, -0.2) is 0 Å². The second kappa shape index (κ2) is 42.1. The Balaban J connectivity index is 1.50. The lowest BCUT2D eigenvalue weighted by atomic mass is 9.96. The molecule has 19 nitrogen and oxygen atoms in total. The SMILES string of the molecule is CCCCCCCCC/C=C/CC/C=C/C(O)C(COC1OC(CO)C(OC2OC(CO)C(OC3OC(CO)C(O)C(O)C3O)C(O)C2O)C(O)C1O)NC(=O)CCCCCCCCCCCCCCCCCCCCC. The van der Waals surface area contributed by atoms with Crippen molar-refractivity contribution in [2.75, 3.05) is 26.4 Å². The Labute approximate surface area is 460 Å². The predicted octanol–water partition coefficient (Wildman–Crippen LogP) is 5.15. The second-order valence-electron chi connectivity index (χ2n) is 21.8. The van der Waals surface area contributed by atoms with Crippen molar-refractivity contribution < 1.29 is 89.4 Å².